The SMILES string of the molecule is N#Cc1ccc(OCC(=O)Nc2ccc(N)cc2)cc1. The van der Waals surface area contributed by atoms with Crippen LogP contribution in [-0.2, 0) is 4.79 Å². The molecular formula is C15H13N3O2. The fourth-order valence-corrected chi connectivity index (χ4v) is 1.54. The number of hydrogen-bond acceptors (Lipinski definition) is 4. The largest absolute Gasteiger partial charge is 0.484 e. The average molecular weight is 267 g/mol. The number of anilines is 2. The summed E-state index contributed by atoms with van der Waals surface area (Å²) in [5.41, 5.74) is 7.40. The van der Waals surface area contributed by atoms with Crippen molar-refractivity contribution in [2.75, 3.05) is 17.7 Å². The van der Waals surface area contributed by atoms with Crippen LogP contribution in [-0.4, -0.2) is 12.5 Å². The van der Waals surface area contributed by atoms with Gasteiger partial charge < -0.3 is 15.8 Å². The van der Waals surface area contributed by atoms with Crippen molar-refractivity contribution in [3.63, 3.8) is 0 Å². The predicted molar refractivity (Wildman–Crippen MR) is 76.1 cm³/mol. The van der Waals surface area contributed by atoms with E-state index in [0.717, 1.165) is 0 Å². The van der Waals surface area contributed by atoms with Crippen LogP contribution in [0.2, 0.25) is 0 Å². The van der Waals surface area contributed by atoms with Gasteiger partial charge in [0.25, 0.3) is 5.91 Å². The second kappa shape index (κ2) is 6.25. The molecule has 2 aromatic carbocycles. The third-order valence-corrected chi connectivity index (χ3v) is 2.55. The van der Waals surface area contributed by atoms with E-state index in [9.17, 15) is 4.79 Å². The number of hydrogen-bond donors (Lipinski definition) is 2. The molecule has 0 aliphatic carbocycles. The summed E-state index contributed by atoms with van der Waals surface area (Å²) in [6.07, 6.45) is 0. The second-order valence-electron chi connectivity index (χ2n) is 4.10. The first-order valence-electron chi connectivity index (χ1n) is 5.96. The highest BCUT2D eigenvalue weighted by Crippen LogP contribution is 2.12. The molecule has 2 rings (SSSR count). The summed E-state index contributed by atoms with van der Waals surface area (Å²) in [5, 5.41) is 11.4. The molecule has 0 aliphatic rings. The van der Waals surface area contributed by atoms with Gasteiger partial charge in [-0.1, -0.05) is 0 Å². The van der Waals surface area contributed by atoms with Crippen molar-refractivity contribution in [2.24, 2.45) is 0 Å². The summed E-state index contributed by atoms with van der Waals surface area (Å²) in [7, 11) is 0. The van der Waals surface area contributed by atoms with Crippen LogP contribution in [0.15, 0.2) is 48.5 Å². The molecule has 1 amide bonds. The van der Waals surface area contributed by atoms with Crippen LogP contribution in [0.25, 0.3) is 0 Å². The number of amides is 1. The first-order chi connectivity index (χ1) is 9.67. The van der Waals surface area contributed by atoms with E-state index in [1.807, 2.05) is 6.07 Å². The molecule has 20 heavy (non-hydrogen) atoms. The molecule has 0 spiro atoms. The van der Waals surface area contributed by atoms with Gasteiger partial charge in [0, 0.05) is 11.4 Å². The first kappa shape index (κ1) is 13.4. The summed E-state index contributed by atoms with van der Waals surface area (Å²) in [5.74, 6) is 0.274. The van der Waals surface area contributed by atoms with Crippen molar-refractivity contribution >= 4 is 17.3 Å². The van der Waals surface area contributed by atoms with Gasteiger partial charge in [0.15, 0.2) is 6.61 Å². The minimum absolute atomic E-state index is 0.101. The molecular weight excluding hydrogens is 254 g/mol. The van der Waals surface area contributed by atoms with Crippen molar-refractivity contribution in [3.8, 4) is 11.8 Å². The highest BCUT2D eigenvalue weighted by atomic mass is 16.5. The van der Waals surface area contributed by atoms with Gasteiger partial charge in [-0.25, -0.2) is 0 Å². The zero-order chi connectivity index (χ0) is 14.4. The number of nitrogens with one attached hydrogen (secondary N) is 1. The monoisotopic (exact) mass is 267 g/mol. The first-order valence-corrected chi connectivity index (χ1v) is 5.96. The second-order valence-corrected chi connectivity index (χ2v) is 4.10. The minimum atomic E-state index is -0.265. The van der Waals surface area contributed by atoms with Crippen molar-refractivity contribution < 1.29 is 9.53 Å². The molecule has 0 atom stereocenters. The molecule has 0 heterocycles. The van der Waals surface area contributed by atoms with Crippen molar-refractivity contribution in [1.82, 2.24) is 0 Å². The molecule has 0 unspecified atom stereocenters. The van der Waals surface area contributed by atoms with Crippen LogP contribution < -0.4 is 15.8 Å². The Kier molecular flexibility index (Phi) is 4.20. The zero-order valence-electron chi connectivity index (χ0n) is 10.7. The number of ether oxygens (including phenoxy) is 1. The van der Waals surface area contributed by atoms with E-state index >= 15 is 0 Å². The van der Waals surface area contributed by atoms with E-state index in [1.165, 1.54) is 0 Å². The molecule has 5 nitrogen and oxygen atoms in total. The summed E-state index contributed by atoms with van der Waals surface area (Å²) in [6, 6.07) is 15.4. The van der Waals surface area contributed by atoms with E-state index in [2.05, 4.69) is 5.32 Å². The van der Waals surface area contributed by atoms with Gasteiger partial charge in [0.2, 0.25) is 0 Å². The Morgan fingerprint density at radius 2 is 1.80 bits per heavy atom. The Labute approximate surface area is 116 Å². The third-order valence-electron chi connectivity index (χ3n) is 2.55. The minimum Gasteiger partial charge on any atom is -0.484 e. The molecule has 100 valence electrons. The van der Waals surface area contributed by atoms with Gasteiger partial charge in [-0.2, -0.15) is 5.26 Å². The fourth-order valence-electron chi connectivity index (χ4n) is 1.54. The number of carbonyl (C=O) groups excluding carboxylic acids is 1. The fraction of sp³-hybridized carbons (Fsp3) is 0.0667. The molecule has 0 aliphatic heterocycles. The van der Waals surface area contributed by atoms with Crippen molar-refractivity contribution in [1.29, 1.82) is 5.26 Å². The third kappa shape index (κ3) is 3.75. The maximum Gasteiger partial charge on any atom is 0.262 e. The predicted octanol–water partition coefficient (Wildman–Crippen LogP) is 2.16. The quantitative estimate of drug-likeness (QED) is 0.831. The number of benzene rings is 2. The van der Waals surface area contributed by atoms with Gasteiger partial charge in [0.05, 0.1) is 11.6 Å². The van der Waals surface area contributed by atoms with Gasteiger partial charge in [-0.15, -0.1) is 0 Å². The lowest BCUT2D eigenvalue weighted by molar-refractivity contribution is -0.118. The van der Waals surface area contributed by atoms with E-state index in [-0.39, 0.29) is 12.5 Å². The van der Waals surface area contributed by atoms with Gasteiger partial charge in [-0.05, 0) is 48.5 Å². The van der Waals surface area contributed by atoms with Crippen LogP contribution in [0.3, 0.4) is 0 Å². The summed E-state index contributed by atoms with van der Waals surface area (Å²) < 4.78 is 5.32. The topological polar surface area (TPSA) is 88.1 Å². The lowest BCUT2D eigenvalue weighted by Gasteiger charge is -2.07. The van der Waals surface area contributed by atoms with Gasteiger partial charge in [-0.3, -0.25) is 4.79 Å². The number of nitrogens with two attached hydrogens (primary N) is 1. The molecule has 2 aromatic rings. The Hall–Kier alpha value is -3.00. The normalized spacial score (nSPS) is 9.55. The van der Waals surface area contributed by atoms with Crippen molar-refractivity contribution in [3.05, 3.63) is 54.1 Å². The molecule has 0 radical (unpaired) electrons. The number of nitrogens with zero attached hydrogens (tertiary/aromatic N) is 1. The summed E-state index contributed by atoms with van der Waals surface area (Å²) in [4.78, 5) is 11.7. The lowest BCUT2D eigenvalue weighted by atomic mass is 10.2. The summed E-state index contributed by atoms with van der Waals surface area (Å²) >= 11 is 0. The molecule has 0 saturated carbocycles. The Balaban J connectivity index is 1.85. The van der Waals surface area contributed by atoms with E-state index in [4.69, 9.17) is 15.7 Å². The van der Waals surface area contributed by atoms with Crippen LogP contribution in [0.1, 0.15) is 5.56 Å². The van der Waals surface area contributed by atoms with Crippen LogP contribution in [0.4, 0.5) is 11.4 Å². The van der Waals surface area contributed by atoms with E-state index < -0.39 is 0 Å². The standard InChI is InChI=1S/C15H13N3O2/c16-9-11-1-7-14(8-2-11)20-10-15(19)18-13-5-3-12(17)4-6-13/h1-8H,10,17H2,(H,18,19). The van der Waals surface area contributed by atoms with E-state index in [1.54, 1.807) is 48.5 Å². The highest BCUT2D eigenvalue weighted by molar-refractivity contribution is 5.92. The maximum absolute atomic E-state index is 11.7. The van der Waals surface area contributed by atoms with Crippen LogP contribution >= 0.6 is 0 Å². The number of rotatable bonds is 4. The Morgan fingerprint density at radius 1 is 1.15 bits per heavy atom. The van der Waals surface area contributed by atoms with Crippen LogP contribution in [0.5, 0.6) is 5.75 Å². The molecule has 0 saturated heterocycles. The molecule has 5 heteroatoms. The highest BCUT2D eigenvalue weighted by Gasteiger charge is 2.03. The Bertz CT molecular complexity index is 628. The molecule has 0 bridgehead atoms. The Morgan fingerprint density at radius 3 is 2.40 bits per heavy atom. The number of carbonyl (C=O) groups is 1. The summed E-state index contributed by atoms with van der Waals surface area (Å²) in [6.45, 7) is -0.101. The van der Waals surface area contributed by atoms with E-state index in [0.29, 0.717) is 22.7 Å². The molecule has 0 fully saturated rings. The van der Waals surface area contributed by atoms with Gasteiger partial charge in [0.1, 0.15) is 5.75 Å². The number of nitriles is 1. The smallest absolute Gasteiger partial charge is 0.262 e. The van der Waals surface area contributed by atoms with Crippen molar-refractivity contribution in [2.45, 2.75) is 0 Å². The molecule has 0 aromatic heterocycles. The average Bonchev–Trinajstić information content (AvgIpc) is 2.48. The maximum atomic E-state index is 11.7. The zero-order valence-corrected chi connectivity index (χ0v) is 10.7. The number of nitrogen functional groups attached to an aromatic ring is 1. The van der Waals surface area contributed by atoms with Gasteiger partial charge >= 0.3 is 0 Å². The molecule has 3 N–H and O–H groups in total. The van der Waals surface area contributed by atoms with Crippen LogP contribution in [0, 0.1) is 11.3 Å². The lowest BCUT2D eigenvalue weighted by Crippen LogP contribution is -2.20.